The van der Waals surface area contributed by atoms with E-state index in [0.717, 1.165) is 77.0 Å². The lowest BCUT2D eigenvalue weighted by molar-refractivity contribution is -0.302. The fourth-order valence-electron chi connectivity index (χ4n) is 8.40. The second-order valence-corrected chi connectivity index (χ2v) is 19.0. The first-order chi connectivity index (χ1) is 32.3. The van der Waals surface area contributed by atoms with Gasteiger partial charge >= 0.3 is 0 Å². The summed E-state index contributed by atoms with van der Waals surface area (Å²) in [7, 11) is 0. The number of carbonyl (C=O) groups is 1. The van der Waals surface area contributed by atoms with Crippen molar-refractivity contribution in [2.45, 2.75) is 281 Å². The van der Waals surface area contributed by atoms with Crippen molar-refractivity contribution in [3.8, 4) is 0 Å². The molecule has 1 saturated heterocycles. The Morgan fingerprint density at radius 3 is 1.42 bits per heavy atom. The Bertz CT molecular complexity index is 1220. The first-order valence-corrected chi connectivity index (χ1v) is 27.5. The van der Waals surface area contributed by atoms with E-state index in [1.54, 1.807) is 6.08 Å². The predicted molar refractivity (Wildman–Crippen MR) is 276 cm³/mol. The molecule has 0 spiro atoms. The number of nitrogens with one attached hydrogen (secondary N) is 1. The molecule has 6 N–H and O–H groups in total. The Morgan fingerprint density at radius 1 is 0.515 bits per heavy atom. The quantitative estimate of drug-likeness (QED) is 0.0261. The number of unbranched alkanes of at least 4 members (excludes halogenated alkanes) is 28. The van der Waals surface area contributed by atoms with Crippen molar-refractivity contribution in [1.82, 2.24) is 5.32 Å². The topological polar surface area (TPSA) is 149 Å². The fourth-order valence-corrected chi connectivity index (χ4v) is 8.40. The van der Waals surface area contributed by atoms with Crippen LogP contribution >= 0.6 is 0 Å². The molecule has 1 amide bonds. The Labute approximate surface area is 405 Å². The minimum atomic E-state index is -1.58. The third-order valence-electron chi connectivity index (χ3n) is 12.8. The van der Waals surface area contributed by atoms with Crippen LogP contribution < -0.4 is 5.32 Å². The number of aliphatic hydroxyl groups is 5. The summed E-state index contributed by atoms with van der Waals surface area (Å²) in [6, 6.07) is -0.837. The molecule has 66 heavy (non-hydrogen) atoms. The zero-order chi connectivity index (χ0) is 48.0. The number of carbonyl (C=O) groups excluding carboxylic acids is 1. The maximum Gasteiger partial charge on any atom is 0.220 e. The maximum absolute atomic E-state index is 13.0. The highest BCUT2D eigenvalue weighted by Crippen LogP contribution is 2.23. The number of allylic oxidation sites excluding steroid dienone is 9. The zero-order valence-electron chi connectivity index (χ0n) is 42.4. The minimum Gasteiger partial charge on any atom is -0.394 e. The van der Waals surface area contributed by atoms with E-state index in [0.29, 0.717) is 6.42 Å². The fraction of sp³-hybridized carbons (Fsp3) is 0.807. The number of hydrogen-bond acceptors (Lipinski definition) is 8. The molecule has 1 rings (SSSR count). The van der Waals surface area contributed by atoms with Crippen molar-refractivity contribution in [2.75, 3.05) is 13.2 Å². The van der Waals surface area contributed by atoms with Crippen molar-refractivity contribution < 1.29 is 39.8 Å². The van der Waals surface area contributed by atoms with E-state index in [1.807, 2.05) is 6.08 Å². The molecule has 0 aromatic heterocycles. The summed E-state index contributed by atoms with van der Waals surface area (Å²) in [6.45, 7) is 3.68. The molecular weight excluding hydrogens is 827 g/mol. The van der Waals surface area contributed by atoms with Gasteiger partial charge in [-0.3, -0.25) is 4.79 Å². The summed E-state index contributed by atoms with van der Waals surface area (Å²) in [5.41, 5.74) is 0. The molecule has 1 aliphatic rings. The van der Waals surface area contributed by atoms with Gasteiger partial charge in [-0.25, -0.2) is 0 Å². The molecule has 9 heteroatoms. The van der Waals surface area contributed by atoms with Crippen molar-refractivity contribution >= 4 is 5.91 Å². The smallest absolute Gasteiger partial charge is 0.220 e. The molecule has 7 atom stereocenters. The van der Waals surface area contributed by atoms with Crippen molar-refractivity contribution in [3.05, 3.63) is 60.8 Å². The van der Waals surface area contributed by atoms with Gasteiger partial charge in [-0.05, 0) is 70.6 Å². The first kappa shape index (κ1) is 61.9. The number of rotatable bonds is 46. The largest absolute Gasteiger partial charge is 0.394 e. The third kappa shape index (κ3) is 36.0. The summed E-state index contributed by atoms with van der Waals surface area (Å²) < 4.78 is 11.2. The first-order valence-electron chi connectivity index (χ1n) is 27.5. The predicted octanol–water partition coefficient (Wildman–Crippen LogP) is 13.1. The van der Waals surface area contributed by atoms with Crippen molar-refractivity contribution in [3.63, 3.8) is 0 Å². The molecule has 0 saturated carbocycles. The van der Waals surface area contributed by atoms with E-state index in [9.17, 15) is 30.3 Å². The standard InChI is InChI=1S/C57H103NO8/c1-3-5-7-9-11-13-15-17-18-19-20-21-22-23-24-25-26-27-28-29-30-31-32-33-35-36-38-40-42-44-46-51(60)50(49-65-57-56(64)55(63)54(62)52(48-59)66-57)58-53(61)47-45-43-41-39-37-34-16-14-12-10-8-6-4-2/h8,10,14,16,31-32,36,38,44,46,50-52,54-57,59-60,62-64H,3-7,9,11-13,15,17-30,33-35,37,39-43,45,47-49H2,1-2H3,(H,58,61)/b10-8-,16-14-,32-31+,38-36+,46-44+. The second-order valence-electron chi connectivity index (χ2n) is 19.0. The van der Waals surface area contributed by atoms with Gasteiger partial charge in [0.25, 0.3) is 0 Å². The van der Waals surface area contributed by atoms with Crippen molar-refractivity contribution in [1.29, 1.82) is 0 Å². The Hall–Kier alpha value is -2.11. The molecule has 1 fully saturated rings. The zero-order valence-corrected chi connectivity index (χ0v) is 42.4. The highest BCUT2D eigenvalue weighted by atomic mass is 16.7. The number of ether oxygens (including phenoxy) is 2. The van der Waals surface area contributed by atoms with E-state index in [4.69, 9.17) is 9.47 Å². The Morgan fingerprint density at radius 2 is 0.939 bits per heavy atom. The summed E-state index contributed by atoms with van der Waals surface area (Å²) in [5.74, 6) is -0.207. The van der Waals surface area contributed by atoms with Gasteiger partial charge in [0.2, 0.25) is 5.91 Å². The number of aliphatic hydroxyl groups excluding tert-OH is 5. The molecule has 0 aromatic carbocycles. The Balaban J connectivity index is 2.23. The molecule has 384 valence electrons. The van der Waals surface area contributed by atoms with Gasteiger partial charge in [0.1, 0.15) is 24.4 Å². The molecule has 1 heterocycles. The van der Waals surface area contributed by atoms with Crippen LogP contribution in [-0.4, -0.2) is 87.5 Å². The van der Waals surface area contributed by atoms with Gasteiger partial charge in [-0.2, -0.15) is 0 Å². The number of hydrogen-bond donors (Lipinski definition) is 6. The average molecular weight is 930 g/mol. The molecule has 0 radical (unpaired) electrons. The summed E-state index contributed by atoms with van der Waals surface area (Å²) in [5, 5.41) is 54.3. The van der Waals surface area contributed by atoms with Crippen LogP contribution in [0.2, 0.25) is 0 Å². The lowest BCUT2D eigenvalue weighted by Crippen LogP contribution is -2.60. The molecule has 7 unspecified atom stereocenters. The molecule has 0 aromatic rings. The van der Waals surface area contributed by atoms with Gasteiger partial charge in [0.15, 0.2) is 6.29 Å². The number of amides is 1. The van der Waals surface area contributed by atoms with E-state index >= 15 is 0 Å². The van der Waals surface area contributed by atoms with Gasteiger partial charge < -0.3 is 40.3 Å². The van der Waals surface area contributed by atoms with E-state index in [1.165, 1.54) is 141 Å². The summed E-state index contributed by atoms with van der Waals surface area (Å²) >= 11 is 0. The molecule has 0 bridgehead atoms. The molecule has 0 aliphatic carbocycles. The normalized spacial score (nSPS) is 20.3. The van der Waals surface area contributed by atoms with Crippen LogP contribution in [0.15, 0.2) is 60.8 Å². The summed E-state index contributed by atoms with van der Waals surface area (Å²) in [4.78, 5) is 13.0. The maximum atomic E-state index is 13.0. The van der Waals surface area contributed by atoms with E-state index in [-0.39, 0.29) is 12.5 Å². The van der Waals surface area contributed by atoms with Crippen LogP contribution in [0.4, 0.5) is 0 Å². The van der Waals surface area contributed by atoms with Crippen LogP contribution in [0.25, 0.3) is 0 Å². The molecule has 1 aliphatic heterocycles. The molecule has 9 nitrogen and oxygen atoms in total. The highest BCUT2D eigenvalue weighted by Gasteiger charge is 2.44. The lowest BCUT2D eigenvalue weighted by Gasteiger charge is -2.40. The van der Waals surface area contributed by atoms with Gasteiger partial charge in [-0.1, -0.05) is 222 Å². The summed E-state index contributed by atoms with van der Waals surface area (Å²) in [6.07, 6.45) is 55.9. The van der Waals surface area contributed by atoms with E-state index < -0.39 is 49.5 Å². The van der Waals surface area contributed by atoms with Crippen molar-refractivity contribution in [2.24, 2.45) is 0 Å². The van der Waals surface area contributed by atoms with Crippen LogP contribution in [0, 0.1) is 0 Å². The minimum absolute atomic E-state index is 0.207. The van der Waals surface area contributed by atoms with Crippen LogP contribution in [0.5, 0.6) is 0 Å². The SMILES string of the molecule is CCC/C=C\C/C=C\CCCCCCCC(=O)NC(COC1OC(CO)C(O)C(O)C1O)C(O)/C=C/CC/C=C/CC/C=C/CCCCCCCCCCCCCCCCCCCCCC. The van der Waals surface area contributed by atoms with Crippen LogP contribution in [-0.2, 0) is 14.3 Å². The Kier molecular flexibility index (Phi) is 43.7. The third-order valence-corrected chi connectivity index (χ3v) is 12.8. The van der Waals surface area contributed by atoms with Gasteiger partial charge in [0.05, 0.1) is 25.4 Å². The lowest BCUT2D eigenvalue weighted by atomic mass is 9.99. The van der Waals surface area contributed by atoms with E-state index in [2.05, 4.69) is 67.8 Å². The second kappa shape index (κ2) is 46.6. The van der Waals surface area contributed by atoms with Crippen LogP contribution in [0.1, 0.15) is 239 Å². The average Bonchev–Trinajstić information content (AvgIpc) is 3.32. The highest BCUT2D eigenvalue weighted by molar-refractivity contribution is 5.76. The molecular formula is C57H103NO8. The van der Waals surface area contributed by atoms with Gasteiger partial charge in [-0.15, -0.1) is 0 Å². The monoisotopic (exact) mass is 930 g/mol. The van der Waals surface area contributed by atoms with Gasteiger partial charge in [0, 0.05) is 6.42 Å². The van der Waals surface area contributed by atoms with Crippen LogP contribution in [0.3, 0.4) is 0 Å².